The maximum atomic E-state index is 8.76. The van der Waals surface area contributed by atoms with Crippen molar-refractivity contribution in [2.75, 3.05) is 0 Å². The molecule has 1 aromatic rings. The van der Waals surface area contributed by atoms with Gasteiger partial charge in [0.1, 0.15) is 0 Å². The molecule has 0 saturated heterocycles. The average molecular weight is 344 g/mol. The molecule has 72 valence electrons. The molecule has 0 spiro atoms. The SMILES string of the molecule is N#CC(C#N)=c1ccc(=C2SC=CS2)[te]1. The average Bonchev–Trinajstić information content (AvgIpc) is 2.89. The molecule has 5 heteroatoms. The van der Waals surface area contributed by atoms with Gasteiger partial charge < -0.3 is 0 Å². The molecule has 1 aromatic heterocycles. The first-order valence-corrected chi connectivity index (χ1v) is 8.07. The van der Waals surface area contributed by atoms with Crippen molar-refractivity contribution < 1.29 is 0 Å². The molecule has 0 aliphatic carbocycles. The molecule has 0 fully saturated rings. The van der Waals surface area contributed by atoms with Crippen LogP contribution in [0.15, 0.2) is 22.9 Å². The standard InChI is InChI=1S/C10H4N2S2Te/c11-5-7(6-12)8-1-2-9(15-8)10-13-3-4-14-10/h1-4H. The first-order chi connectivity index (χ1) is 7.35. The summed E-state index contributed by atoms with van der Waals surface area (Å²) in [7, 11) is 0. The number of thioether (sulfide) groups is 2. The predicted molar refractivity (Wildman–Crippen MR) is 65.0 cm³/mol. The van der Waals surface area contributed by atoms with Crippen LogP contribution in [0.1, 0.15) is 0 Å². The van der Waals surface area contributed by atoms with Crippen molar-refractivity contribution >= 4 is 53.8 Å². The molecule has 0 aromatic carbocycles. The molecular weight excluding hydrogens is 340 g/mol. The topological polar surface area (TPSA) is 47.6 Å². The summed E-state index contributed by atoms with van der Waals surface area (Å²) in [6, 6.07) is 7.88. The Hall–Kier alpha value is -0.570. The monoisotopic (exact) mass is 346 g/mol. The van der Waals surface area contributed by atoms with Gasteiger partial charge in [-0.05, 0) is 0 Å². The van der Waals surface area contributed by atoms with Crippen molar-refractivity contribution in [1.82, 2.24) is 0 Å². The van der Waals surface area contributed by atoms with E-state index in [0.29, 0.717) is 0 Å². The van der Waals surface area contributed by atoms with Crippen LogP contribution in [0.3, 0.4) is 0 Å². The Balaban J connectivity index is 2.60. The zero-order valence-corrected chi connectivity index (χ0v) is 11.4. The van der Waals surface area contributed by atoms with Gasteiger partial charge in [-0.15, -0.1) is 0 Å². The van der Waals surface area contributed by atoms with E-state index in [1.807, 2.05) is 18.2 Å². The fourth-order valence-electron chi connectivity index (χ4n) is 1.04. The molecule has 15 heavy (non-hydrogen) atoms. The summed E-state index contributed by atoms with van der Waals surface area (Å²) in [5.41, 5.74) is 0.283. The van der Waals surface area contributed by atoms with Crippen LogP contribution in [0.4, 0.5) is 0 Å². The molecule has 2 heterocycles. The zero-order chi connectivity index (χ0) is 10.7. The Morgan fingerprint density at radius 2 is 1.80 bits per heavy atom. The fourth-order valence-corrected chi connectivity index (χ4v) is 6.28. The minimum atomic E-state index is -0.522. The molecular formula is C10H4N2S2Te. The van der Waals surface area contributed by atoms with Crippen molar-refractivity contribution in [2.24, 2.45) is 0 Å². The van der Waals surface area contributed by atoms with E-state index in [0.717, 1.165) is 3.23 Å². The van der Waals surface area contributed by atoms with Crippen LogP contribution >= 0.6 is 23.5 Å². The molecule has 0 N–H and O–H groups in total. The van der Waals surface area contributed by atoms with Crippen molar-refractivity contribution in [3.05, 3.63) is 29.4 Å². The molecule has 1 aliphatic rings. The third kappa shape index (κ3) is 2.33. The molecule has 1 aliphatic heterocycles. The van der Waals surface area contributed by atoms with Gasteiger partial charge in [-0.2, -0.15) is 0 Å². The van der Waals surface area contributed by atoms with E-state index in [1.54, 1.807) is 23.5 Å². The second-order valence-electron chi connectivity index (χ2n) is 2.56. The Labute approximate surface area is 105 Å². The van der Waals surface area contributed by atoms with Crippen LogP contribution in [0.5, 0.6) is 0 Å². The minimum absolute atomic E-state index is 0.283. The van der Waals surface area contributed by atoms with Crippen LogP contribution in [0.2, 0.25) is 0 Å². The summed E-state index contributed by atoms with van der Waals surface area (Å²) in [5, 5.41) is 21.6. The molecule has 0 unspecified atom stereocenters. The van der Waals surface area contributed by atoms with Crippen molar-refractivity contribution in [3.63, 3.8) is 0 Å². The van der Waals surface area contributed by atoms with E-state index in [9.17, 15) is 0 Å². The number of hydrogen-bond donors (Lipinski definition) is 0. The van der Waals surface area contributed by atoms with Gasteiger partial charge in [-0.25, -0.2) is 0 Å². The first-order valence-electron chi connectivity index (χ1n) is 3.98. The maximum absolute atomic E-state index is 8.76. The number of rotatable bonds is 0. The van der Waals surface area contributed by atoms with Crippen molar-refractivity contribution in [2.45, 2.75) is 0 Å². The van der Waals surface area contributed by atoms with E-state index >= 15 is 0 Å². The molecule has 0 amide bonds. The normalized spacial score (nSPS) is 13.6. The van der Waals surface area contributed by atoms with Gasteiger partial charge in [0.15, 0.2) is 0 Å². The first kappa shape index (κ1) is 10.9. The van der Waals surface area contributed by atoms with Gasteiger partial charge in [0.2, 0.25) is 0 Å². The molecule has 2 rings (SSSR count). The molecule has 0 bridgehead atoms. The summed E-state index contributed by atoms with van der Waals surface area (Å²) in [5.74, 6) is 0. The van der Waals surface area contributed by atoms with E-state index in [-0.39, 0.29) is 5.57 Å². The summed E-state index contributed by atoms with van der Waals surface area (Å²) in [6.45, 7) is 0. The second-order valence-corrected chi connectivity index (χ2v) is 7.74. The van der Waals surface area contributed by atoms with Crippen LogP contribution in [-0.4, -0.2) is 20.4 Å². The summed E-state index contributed by atoms with van der Waals surface area (Å²) >= 11 is 2.92. The third-order valence-corrected chi connectivity index (χ3v) is 7.85. The Morgan fingerprint density at radius 1 is 1.13 bits per heavy atom. The van der Waals surface area contributed by atoms with Crippen molar-refractivity contribution in [3.8, 4) is 12.1 Å². The van der Waals surface area contributed by atoms with Gasteiger partial charge in [0.05, 0.1) is 0 Å². The third-order valence-electron chi connectivity index (χ3n) is 1.68. The van der Waals surface area contributed by atoms with Crippen molar-refractivity contribution in [1.29, 1.82) is 10.5 Å². The molecule has 0 atom stereocenters. The predicted octanol–water partition coefficient (Wildman–Crippen LogP) is 0.958. The molecule has 0 saturated carbocycles. The van der Waals surface area contributed by atoms with Gasteiger partial charge in [-0.3, -0.25) is 0 Å². The van der Waals surface area contributed by atoms with E-state index in [1.165, 1.54) is 7.47 Å². The Morgan fingerprint density at radius 3 is 2.40 bits per heavy atom. The molecule has 0 radical (unpaired) electrons. The van der Waals surface area contributed by atoms with Crippen LogP contribution < -0.4 is 6.47 Å². The van der Waals surface area contributed by atoms with E-state index in [2.05, 4.69) is 16.9 Å². The van der Waals surface area contributed by atoms with Gasteiger partial charge in [-0.1, -0.05) is 0 Å². The Bertz CT molecular complexity index is 587. The van der Waals surface area contributed by atoms with E-state index in [4.69, 9.17) is 10.5 Å². The quantitative estimate of drug-likeness (QED) is 0.658. The molecule has 2 nitrogen and oxygen atoms in total. The number of nitriles is 2. The summed E-state index contributed by atoms with van der Waals surface area (Å²) < 4.78 is 3.60. The van der Waals surface area contributed by atoms with Crippen LogP contribution in [0.25, 0.3) is 9.81 Å². The van der Waals surface area contributed by atoms with Crippen LogP contribution in [-0.2, 0) is 0 Å². The van der Waals surface area contributed by atoms with E-state index < -0.39 is 20.4 Å². The number of hydrogen-bond acceptors (Lipinski definition) is 4. The number of nitrogens with zero attached hydrogens (tertiary/aromatic N) is 2. The van der Waals surface area contributed by atoms with Crippen LogP contribution in [0, 0.1) is 22.7 Å². The summed E-state index contributed by atoms with van der Waals surface area (Å²) in [4.78, 5) is 0. The summed E-state index contributed by atoms with van der Waals surface area (Å²) in [6.07, 6.45) is 0. The Kier molecular flexibility index (Phi) is 3.62. The van der Waals surface area contributed by atoms with Gasteiger partial charge in [0, 0.05) is 0 Å². The zero-order valence-electron chi connectivity index (χ0n) is 7.43. The fraction of sp³-hybridized carbons (Fsp3) is 0. The van der Waals surface area contributed by atoms with Gasteiger partial charge >= 0.3 is 106 Å². The van der Waals surface area contributed by atoms with Gasteiger partial charge in [0.25, 0.3) is 0 Å². The second kappa shape index (κ2) is 4.97.